The molecule has 0 saturated carbocycles. The van der Waals surface area contributed by atoms with E-state index in [4.69, 9.17) is 17.3 Å². The summed E-state index contributed by atoms with van der Waals surface area (Å²) in [5.41, 5.74) is 10.7. The number of carbonyl (C=O) groups excluding carboxylic acids is 1. The Morgan fingerprint density at radius 2 is 2.14 bits per heavy atom. The van der Waals surface area contributed by atoms with Crippen molar-refractivity contribution in [3.8, 4) is 0 Å². The molecule has 2 rings (SSSR count). The van der Waals surface area contributed by atoms with Gasteiger partial charge < -0.3 is 5.73 Å². The fraction of sp³-hybridized carbons (Fsp3) is 0.312. The van der Waals surface area contributed by atoms with Gasteiger partial charge in [-0.15, -0.1) is 0 Å². The molecule has 0 fully saturated rings. The van der Waals surface area contributed by atoms with Gasteiger partial charge in [0.1, 0.15) is 5.15 Å². The Bertz CT molecular complexity index is 727. The smallest absolute Gasteiger partial charge is 0.257 e. The van der Waals surface area contributed by atoms with Crippen molar-refractivity contribution in [3.63, 3.8) is 0 Å². The molecule has 3 N–H and O–H groups in total. The molecule has 0 unspecified atom stereocenters. The van der Waals surface area contributed by atoms with E-state index in [0.29, 0.717) is 10.7 Å². The molecule has 0 saturated heterocycles. The molecular formula is C16H19ClN4O. The Balaban J connectivity index is 2.17. The lowest BCUT2D eigenvalue weighted by Crippen LogP contribution is -2.42. The van der Waals surface area contributed by atoms with Crippen molar-refractivity contribution in [2.45, 2.75) is 26.8 Å². The predicted octanol–water partition coefficient (Wildman–Crippen LogP) is 2.63. The van der Waals surface area contributed by atoms with Gasteiger partial charge in [0, 0.05) is 10.9 Å². The third-order valence-electron chi connectivity index (χ3n) is 3.35. The highest BCUT2D eigenvalue weighted by Gasteiger charge is 2.16. The molecule has 1 heterocycles. The number of nitrogens with zero attached hydrogens (tertiary/aromatic N) is 2. The van der Waals surface area contributed by atoms with Gasteiger partial charge >= 0.3 is 0 Å². The summed E-state index contributed by atoms with van der Waals surface area (Å²) in [6.45, 7) is 5.75. The maximum Gasteiger partial charge on any atom is 0.257 e. The highest BCUT2D eigenvalue weighted by molar-refractivity contribution is 6.32. The number of hydrogen-bond acceptors (Lipinski definition) is 4. The second-order valence-corrected chi connectivity index (χ2v) is 5.93. The first-order chi connectivity index (χ1) is 10.4. The van der Waals surface area contributed by atoms with Gasteiger partial charge in [-0.25, -0.2) is 10.4 Å². The van der Waals surface area contributed by atoms with Crippen molar-refractivity contribution in [2.24, 2.45) is 16.8 Å². The Morgan fingerprint density at radius 3 is 2.82 bits per heavy atom. The molecule has 0 radical (unpaired) electrons. The number of hydrogen-bond donors (Lipinski definition) is 2. The summed E-state index contributed by atoms with van der Waals surface area (Å²) in [7, 11) is 0. The van der Waals surface area contributed by atoms with Crippen LogP contribution in [0.25, 0.3) is 10.9 Å². The number of nitrogens with one attached hydrogen (secondary N) is 1. The van der Waals surface area contributed by atoms with Crippen LogP contribution in [0.3, 0.4) is 0 Å². The van der Waals surface area contributed by atoms with E-state index in [1.807, 2.05) is 45.0 Å². The van der Waals surface area contributed by atoms with E-state index in [-0.39, 0.29) is 11.8 Å². The van der Waals surface area contributed by atoms with Gasteiger partial charge in [-0.2, -0.15) is 5.10 Å². The fourth-order valence-electron chi connectivity index (χ4n) is 1.90. The number of benzene rings is 1. The van der Waals surface area contributed by atoms with Crippen LogP contribution in [0.5, 0.6) is 0 Å². The van der Waals surface area contributed by atoms with E-state index in [0.717, 1.165) is 16.5 Å². The molecule has 0 bridgehead atoms. The van der Waals surface area contributed by atoms with Crippen LogP contribution in [-0.4, -0.2) is 23.1 Å². The molecule has 5 nitrogen and oxygen atoms in total. The predicted molar refractivity (Wildman–Crippen MR) is 90.0 cm³/mol. The number of fused-ring (bicyclic) bond motifs is 1. The normalized spacial score (nSPS) is 13.0. The minimum Gasteiger partial charge on any atom is -0.320 e. The second-order valence-electron chi connectivity index (χ2n) is 5.57. The molecule has 0 aliphatic heterocycles. The van der Waals surface area contributed by atoms with E-state index in [1.165, 1.54) is 6.21 Å². The van der Waals surface area contributed by atoms with Crippen LogP contribution >= 0.6 is 11.6 Å². The van der Waals surface area contributed by atoms with Crippen molar-refractivity contribution in [3.05, 3.63) is 40.5 Å². The number of pyridine rings is 1. The monoisotopic (exact) mass is 318 g/mol. The first kappa shape index (κ1) is 16.4. The zero-order valence-electron chi connectivity index (χ0n) is 12.8. The molecule has 1 atom stereocenters. The Morgan fingerprint density at radius 1 is 1.41 bits per heavy atom. The molecule has 1 aromatic carbocycles. The lowest BCUT2D eigenvalue weighted by molar-refractivity contribution is -0.123. The molecule has 0 spiro atoms. The minimum absolute atomic E-state index is 0.0457. The summed E-state index contributed by atoms with van der Waals surface area (Å²) < 4.78 is 0. The summed E-state index contributed by atoms with van der Waals surface area (Å²) >= 11 is 6.14. The average Bonchev–Trinajstić information content (AvgIpc) is 2.46. The van der Waals surface area contributed by atoms with Crippen molar-refractivity contribution in [1.29, 1.82) is 0 Å². The third kappa shape index (κ3) is 3.81. The number of aryl methyl sites for hydroxylation is 1. The van der Waals surface area contributed by atoms with Crippen LogP contribution in [0, 0.1) is 12.8 Å². The minimum atomic E-state index is -0.592. The number of halogens is 1. The van der Waals surface area contributed by atoms with Crippen molar-refractivity contribution < 1.29 is 4.79 Å². The van der Waals surface area contributed by atoms with E-state index >= 15 is 0 Å². The number of amides is 1. The standard InChI is InChI=1S/C16H19ClN4O/c1-9(2)14(18)16(22)21-19-8-12-7-11-5-4-10(3)6-13(11)20-15(12)17/h4-9,14H,18H2,1-3H3,(H,21,22)/t14-/m1/s1. The Hall–Kier alpha value is -1.98. The molecule has 116 valence electrons. The lowest BCUT2D eigenvalue weighted by atomic mass is 10.1. The molecular weight excluding hydrogens is 300 g/mol. The van der Waals surface area contributed by atoms with Gasteiger partial charge in [0.25, 0.3) is 5.91 Å². The molecule has 0 aliphatic rings. The van der Waals surface area contributed by atoms with Crippen LogP contribution in [0.4, 0.5) is 0 Å². The fourth-order valence-corrected chi connectivity index (χ4v) is 2.10. The highest BCUT2D eigenvalue weighted by Crippen LogP contribution is 2.20. The van der Waals surface area contributed by atoms with Crippen molar-refractivity contribution in [2.75, 3.05) is 0 Å². The van der Waals surface area contributed by atoms with Crippen LogP contribution in [0.1, 0.15) is 25.0 Å². The molecule has 1 aromatic heterocycles. The maximum atomic E-state index is 11.7. The van der Waals surface area contributed by atoms with Crippen LogP contribution in [0.15, 0.2) is 29.4 Å². The summed E-state index contributed by atoms with van der Waals surface area (Å²) in [5, 5.41) is 5.20. The molecule has 2 aromatic rings. The van der Waals surface area contributed by atoms with Crippen LogP contribution < -0.4 is 11.2 Å². The average molecular weight is 319 g/mol. The first-order valence-corrected chi connectivity index (χ1v) is 7.41. The number of rotatable bonds is 4. The summed E-state index contributed by atoms with van der Waals surface area (Å²) in [6, 6.07) is 7.22. The van der Waals surface area contributed by atoms with Gasteiger partial charge in [0.05, 0.1) is 17.8 Å². The second kappa shape index (κ2) is 6.85. The van der Waals surface area contributed by atoms with E-state index in [9.17, 15) is 4.79 Å². The summed E-state index contributed by atoms with van der Waals surface area (Å²) in [6.07, 6.45) is 1.47. The number of carbonyl (C=O) groups is 1. The first-order valence-electron chi connectivity index (χ1n) is 7.04. The summed E-state index contributed by atoms with van der Waals surface area (Å²) in [4.78, 5) is 16.0. The maximum absolute atomic E-state index is 11.7. The highest BCUT2D eigenvalue weighted by atomic mass is 35.5. The van der Waals surface area contributed by atoms with Crippen molar-refractivity contribution >= 4 is 34.6 Å². The summed E-state index contributed by atoms with van der Waals surface area (Å²) in [5.74, 6) is -0.281. The van der Waals surface area contributed by atoms with Crippen molar-refractivity contribution in [1.82, 2.24) is 10.4 Å². The van der Waals surface area contributed by atoms with Gasteiger partial charge in [0.15, 0.2) is 0 Å². The molecule has 22 heavy (non-hydrogen) atoms. The van der Waals surface area contributed by atoms with Gasteiger partial charge in [-0.05, 0) is 30.5 Å². The Labute approximate surface area is 134 Å². The number of nitrogens with two attached hydrogens (primary N) is 1. The zero-order chi connectivity index (χ0) is 16.3. The number of aromatic nitrogens is 1. The van der Waals surface area contributed by atoms with E-state index in [2.05, 4.69) is 15.5 Å². The quantitative estimate of drug-likeness (QED) is 0.516. The third-order valence-corrected chi connectivity index (χ3v) is 3.66. The zero-order valence-corrected chi connectivity index (χ0v) is 13.6. The van der Waals surface area contributed by atoms with E-state index < -0.39 is 6.04 Å². The van der Waals surface area contributed by atoms with Gasteiger partial charge in [-0.3, -0.25) is 4.79 Å². The Kier molecular flexibility index (Phi) is 5.11. The van der Waals surface area contributed by atoms with Gasteiger partial charge in [-0.1, -0.05) is 37.6 Å². The number of hydrazone groups is 1. The largest absolute Gasteiger partial charge is 0.320 e. The molecule has 1 amide bonds. The SMILES string of the molecule is Cc1ccc2cc(C=NNC(=O)[C@H](N)C(C)C)c(Cl)nc2c1. The topological polar surface area (TPSA) is 80.4 Å². The van der Waals surface area contributed by atoms with Gasteiger partial charge in [0.2, 0.25) is 0 Å². The molecule has 6 heteroatoms. The van der Waals surface area contributed by atoms with Crippen LogP contribution in [0.2, 0.25) is 5.15 Å². The molecule has 0 aliphatic carbocycles. The van der Waals surface area contributed by atoms with Crippen LogP contribution in [-0.2, 0) is 4.79 Å². The lowest BCUT2D eigenvalue weighted by Gasteiger charge is -2.12. The van der Waals surface area contributed by atoms with E-state index in [1.54, 1.807) is 0 Å².